The zero-order chi connectivity index (χ0) is 19.9. The molecule has 1 N–H and O–H groups in total. The summed E-state index contributed by atoms with van der Waals surface area (Å²) in [6.45, 7) is 0. The van der Waals surface area contributed by atoms with Gasteiger partial charge in [-0.1, -0.05) is 30.2 Å². The van der Waals surface area contributed by atoms with E-state index in [1.54, 1.807) is 6.20 Å². The number of rotatable bonds is 4. The van der Waals surface area contributed by atoms with Crippen LogP contribution in [0.3, 0.4) is 0 Å². The smallest absolute Gasteiger partial charge is 0.228 e. The van der Waals surface area contributed by atoms with Gasteiger partial charge in [0.1, 0.15) is 5.69 Å². The van der Waals surface area contributed by atoms with Crippen molar-refractivity contribution < 1.29 is 4.79 Å². The van der Waals surface area contributed by atoms with Crippen molar-refractivity contribution in [2.75, 3.05) is 5.32 Å². The monoisotopic (exact) mass is 377 g/mol. The zero-order valence-corrected chi connectivity index (χ0v) is 15.7. The van der Waals surface area contributed by atoms with Gasteiger partial charge in [0.15, 0.2) is 0 Å². The summed E-state index contributed by atoms with van der Waals surface area (Å²) < 4.78 is 2.03. The predicted molar refractivity (Wildman–Crippen MR) is 115 cm³/mol. The molecule has 4 nitrogen and oxygen atoms in total. The average Bonchev–Trinajstić information content (AvgIpc) is 3.29. The maximum atomic E-state index is 12.4. The van der Waals surface area contributed by atoms with Gasteiger partial charge >= 0.3 is 0 Å². The number of pyridine rings is 1. The fraction of sp³-hybridized carbons (Fsp3) is 0.0400. The third kappa shape index (κ3) is 5.00. The van der Waals surface area contributed by atoms with E-state index >= 15 is 0 Å². The molecule has 2 aromatic heterocycles. The maximum absolute atomic E-state index is 12.4. The fourth-order valence-electron chi connectivity index (χ4n) is 2.93. The second-order valence-electron chi connectivity index (χ2n) is 6.53. The van der Waals surface area contributed by atoms with Gasteiger partial charge in [0.2, 0.25) is 5.91 Å². The van der Waals surface area contributed by atoms with Crippen molar-refractivity contribution in [3.8, 4) is 17.5 Å². The number of benzene rings is 2. The van der Waals surface area contributed by atoms with E-state index in [0.717, 1.165) is 22.5 Å². The molecular formula is C25H19N3O. The highest BCUT2D eigenvalue weighted by molar-refractivity contribution is 5.92. The number of nitrogens with one attached hydrogen (secondary N) is 1. The largest absolute Gasteiger partial charge is 0.326 e. The lowest BCUT2D eigenvalue weighted by Crippen LogP contribution is -2.14. The maximum Gasteiger partial charge on any atom is 0.228 e. The number of carbonyl (C=O) groups is 1. The molecule has 4 heteroatoms. The first-order valence-corrected chi connectivity index (χ1v) is 9.31. The van der Waals surface area contributed by atoms with Gasteiger partial charge in [0, 0.05) is 35.5 Å². The van der Waals surface area contributed by atoms with E-state index in [-0.39, 0.29) is 5.91 Å². The van der Waals surface area contributed by atoms with Gasteiger partial charge in [-0.05, 0) is 66.1 Å². The first-order valence-electron chi connectivity index (χ1n) is 9.31. The van der Waals surface area contributed by atoms with Crippen molar-refractivity contribution in [2.24, 2.45) is 0 Å². The summed E-state index contributed by atoms with van der Waals surface area (Å²) in [7, 11) is 0. The minimum absolute atomic E-state index is 0.0615. The van der Waals surface area contributed by atoms with Crippen LogP contribution >= 0.6 is 0 Å². The van der Waals surface area contributed by atoms with Crippen LogP contribution in [0.1, 0.15) is 16.8 Å². The molecule has 0 atom stereocenters. The third-order valence-corrected chi connectivity index (χ3v) is 4.35. The van der Waals surface area contributed by atoms with Gasteiger partial charge in [-0.25, -0.2) is 4.98 Å². The summed E-state index contributed by atoms with van der Waals surface area (Å²) in [5.41, 5.74) is 4.30. The number of hydrogen-bond donors (Lipinski definition) is 1. The van der Waals surface area contributed by atoms with Gasteiger partial charge in [0.05, 0.1) is 6.42 Å². The fourth-order valence-corrected chi connectivity index (χ4v) is 2.93. The molecule has 0 radical (unpaired) electrons. The Morgan fingerprint density at radius 2 is 1.72 bits per heavy atom. The van der Waals surface area contributed by atoms with E-state index in [0.29, 0.717) is 12.1 Å². The first-order chi connectivity index (χ1) is 14.3. The molecule has 1 amide bonds. The SMILES string of the molecule is O=C(Cc1ccc(-n2cccc2)cc1)Nc1cccc(C#Cc2ccccn2)c1. The Kier molecular flexibility index (Phi) is 5.50. The predicted octanol–water partition coefficient (Wildman–Crippen LogP) is 4.45. The molecule has 0 aliphatic rings. The lowest BCUT2D eigenvalue weighted by atomic mass is 10.1. The highest BCUT2D eigenvalue weighted by Crippen LogP contribution is 2.13. The molecule has 4 rings (SSSR count). The van der Waals surface area contributed by atoms with Crippen molar-refractivity contribution >= 4 is 11.6 Å². The Hall–Kier alpha value is -4.10. The number of amides is 1. The summed E-state index contributed by atoms with van der Waals surface area (Å²) in [4.78, 5) is 16.6. The molecule has 0 saturated heterocycles. The Bertz CT molecular complexity index is 1150. The summed E-state index contributed by atoms with van der Waals surface area (Å²) in [5.74, 6) is 6.04. The molecular weight excluding hydrogens is 358 g/mol. The van der Waals surface area contributed by atoms with Gasteiger partial charge in [0.25, 0.3) is 0 Å². The molecule has 0 aliphatic heterocycles. The highest BCUT2D eigenvalue weighted by atomic mass is 16.1. The van der Waals surface area contributed by atoms with E-state index in [1.807, 2.05) is 95.8 Å². The molecule has 2 heterocycles. The Morgan fingerprint density at radius 3 is 2.48 bits per heavy atom. The summed E-state index contributed by atoms with van der Waals surface area (Å²) in [6.07, 6.45) is 6.01. The van der Waals surface area contributed by atoms with Crippen molar-refractivity contribution in [3.63, 3.8) is 0 Å². The van der Waals surface area contributed by atoms with Gasteiger partial charge in [-0.2, -0.15) is 0 Å². The summed E-state index contributed by atoms with van der Waals surface area (Å²) in [5, 5.41) is 2.94. The first kappa shape index (κ1) is 18.3. The van der Waals surface area contributed by atoms with Crippen LogP contribution in [0.4, 0.5) is 5.69 Å². The van der Waals surface area contributed by atoms with Crippen LogP contribution in [0.5, 0.6) is 0 Å². The van der Waals surface area contributed by atoms with Crippen molar-refractivity contribution in [1.82, 2.24) is 9.55 Å². The van der Waals surface area contributed by atoms with Crippen LogP contribution in [0, 0.1) is 11.8 Å². The van der Waals surface area contributed by atoms with Crippen molar-refractivity contribution in [1.29, 1.82) is 0 Å². The molecule has 2 aromatic carbocycles. The Morgan fingerprint density at radius 1 is 0.897 bits per heavy atom. The number of nitrogens with zero attached hydrogens (tertiary/aromatic N) is 2. The minimum Gasteiger partial charge on any atom is -0.326 e. The molecule has 0 aliphatic carbocycles. The lowest BCUT2D eigenvalue weighted by molar-refractivity contribution is -0.115. The normalized spacial score (nSPS) is 10.1. The molecule has 4 aromatic rings. The van der Waals surface area contributed by atoms with Crippen LogP contribution in [-0.2, 0) is 11.2 Å². The van der Waals surface area contributed by atoms with E-state index in [2.05, 4.69) is 22.1 Å². The van der Waals surface area contributed by atoms with Crippen molar-refractivity contribution in [3.05, 3.63) is 114 Å². The topological polar surface area (TPSA) is 46.9 Å². The number of anilines is 1. The number of aromatic nitrogens is 2. The molecule has 0 bridgehead atoms. The van der Waals surface area contributed by atoms with Crippen molar-refractivity contribution in [2.45, 2.75) is 6.42 Å². The molecule has 29 heavy (non-hydrogen) atoms. The molecule has 0 saturated carbocycles. The number of carbonyl (C=O) groups excluding carboxylic acids is 1. The number of hydrogen-bond acceptors (Lipinski definition) is 2. The van der Waals surface area contributed by atoms with E-state index in [4.69, 9.17) is 0 Å². The second-order valence-corrected chi connectivity index (χ2v) is 6.53. The van der Waals surface area contributed by atoms with Crippen LogP contribution < -0.4 is 5.32 Å². The van der Waals surface area contributed by atoms with E-state index in [1.165, 1.54) is 0 Å². The third-order valence-electron chi connectivity index (χ3n) is 4.35. The molecule has 0 fully saturated rings. The summed E-state index contributed by atoms with van der Waals surface area (Å²) >= 11 is 0. The Labute approximate surface area is 169 Å². The summed E-state index contributed by atoms with van der Waals surface area (Å²) in [6, 6.07) is 25.1. The second kappa shape index (κ2) is 8.73. The van der Waals surface area contributed by atoms with Crippen LogP contribution in [0.25, 0.3) is 5.69 Å². The van der Waals surface area contributed by atoms with Crippen LogP contribution in [0.15, 0.2) is 97.5 Å². The lowest BCUT2D eigenvalue weighted by Gasteiger charge is -2.07. The quantitative estimate of drug-likeness (QED) is 0.534. The molecule has 0 spiro atoms. The van der Waals surface area contributed by atoms with Crippen LogP contribution in [0.2, 0.25) is 0 Å². The van der Waals surface area contributed by atoms with Gasteiger partial charge in [-0.15, -0.1) is 0 Å². The zero-order valence-electron chi connectivity index (χ0n) is 15.7. The Balaban J connectivity index is 1.39. The average molecular weight is 377 g/mol. The molecule has 0 unspecified atom stereocenters. The highest BCUT2D eigenvalue weighted by Gasteiger charge is 2.05. The molecule has 140 valence electrons. The van der Waals surface area contributed by atoms with Crippen LogP contribution in [-0.4, -0.2) is 15.5 Å². The van der Waals surface area contributed by atoms with E-state index < -0.39 is 0 Å². The van der Waals surface area contributed by atoms with Gasteiger partial charge < -0.3 is 9.88 Å². The van der Waals surface area contributed by atoms with Gasteiger partial charge in [-0.3, -0.25) is 4.79 Å². The van der Waals surface area contributed by atoms with E-state index in [9.17, 15) is 4.79 Å². The standard InChI is InChI=1S/C25H19N3O/c29-25(19-21-10-13-24(14-11-21)28-16-3-4-17-28)27-23-8-5-6-20(18-23)9-12-22-7-1-2-15-26-22/h1-8,10-11,13-18H,19H2,(H,27,29). The minimum atomic E-state index is -0.0615.